The van der Waals surface area contributed by atoms with Gasteiger partial charge >= 0.3 is 0 Å². The number of H-pyrrole nitrogens is 1. The van der Waals surface area contributed by atoms with Crippen molar-refractivity contribution in [3.8, 4) is 0 Å². The number of amides is 1. The van der Waals surface area contributed by atoms with Crippen LogP contribution in [0.2, 0.25) is 0 Å². The Balaban J connectivity index is 1.42. The molecule has 2 fully saturated rings. The summed E-state index contributed by atoms with van der Waals surface area (Å²) in [4.78, 5) is 37.6. The lowest BCUT2D eigenvalue weighted by molar-refractivity contribution is 0.0617. The maximum absolute atomic E-state index is 13.0. The molecule has 2 aliphatic rings. The highest BCUT2D eigenvalue weighted by Crippen LogP contribution is 2.45. The van der Waals surface area contributed by atoms with Crippen molar-refractivity contribution in [2.45, 2.75) is 25.3 Å². The zero-order chi connectivity index (χ0) is 17.7. The van der Waals surface area contributed by atoms with Crippen molar-refractivity contribution in [3.05, 3.63) is 42.4 Å². The van der Waals surface area contributed by atoms with E-state index in [0.29, 0.717) is 12.2 Å². The van der Waals surface area contributed by atoms with Gasteiger partial charge in [-0.2, -0.15) is 0 Å². The van der Waals surface area contributed by atoms with E-state index in [1.54, 1.807) is 18.7 Å². The summed E-state index contributed by atoms with van der Waals surface area (Å²) in [5, 5.41) is 1.02. The summed E-state index contributed by atoms with van der Waals surface area (Å²) in [6.45, 7) is 4.05. The third-order valence-electron chi connectivity index (χ3n) is 5.36. The second-order valence-corrected chi connectivity index (χ2v) is 7.08. The van der Waals surface area contributed by atoms with Gasteiger partial charge in [-0.1, -0.05) is 0 Å². The first kappa shape index (κ1) is 15.2. The van der Waals surface area contributed by atoms with Crippen LogP contribution >= 0.6 is 0 Å². The fraction of sp³-hybridized carbons (Fsp3) is 0.389. The highest BCUT2D eigenvalue weighted by Gasteiger charge is 2.53. The van der Waals surface area contributed by atoms with Gasteiger partial charge in [-0.3, -0.25) is 9.78 Å². The maximum Gasteiger partial charge on any atom is 0.274 e. The average Bonchev–Trinajstić information content (AvgIpc) is 3.24. The van der Waals surface area contributed by atoms with Crippen LogP contribution in [0.3, 0.4) is 0 Å². The predicted octanol–water partition coefficient (Wildman–Crippen LogP) is 1.55. The zero-order valence-electron chi connectivity index (χ0n) is 14.5. The lowest BCUT2D eigenvalue weighted by Gasteiger charge is -2.42. The van der Waals surface area contributed by atoms with Crippen LogP contribution in [0.15, 0.2) is 31.0 Å². The Morgan fingerprint density at radius 1 is 1.15 bits per heavy atom. The van der Waals surface area contributed by atoms with E-state index in [-0.39, 0.29) is 11.4 Å². The van der Waals surface area contributed by atoms with E-state index in [0.717, 1.165) is 48.5 Å². The number of aromatic nitrogens is 5. The number of hydrogen-bond acceptors (Lipinski definition) is 6. The second-order valence-electron chi connectivity index (χ2n) is 7.08. The van der Waals surface area contributed by atoms with Gasteiger partial charge in [-0.15, -0.1) is 0 Å². The SMILES string of the molecule is Cc1cnc(C(=O)N2CCN(c3ncnc4[nH]ccc34)CC23CC3)cn1. The number of anilines is 1. The van der Waals surface area contributed by atoms with E-state index < -0.39 is 0 Å². The summed E-state index contributed by atoms with van der Waals surface area (Å²) in [5.74, 6) is 0.911. The molecule has 1 N–H and O–H groups in total. The molecule has 3 aromatic heterocycles. The summed E-state index contributed by atoms with van der Waals surface area (Å²) in [6, 6.07) is 2.00. The van der Waals surface area contributed by atoms with Gasteiger partial charge in [0.2, 0.25) is 0 Å². The Morgan fingerprint density at radius 3 is 2.81 bits per heavy atom. The fourth-order valence-electron chi connectivity index (χ4n) is 3.80. The smallest absolute Gasteiger partial charge is 0.274 e. The largest absolute Gasteiger partial charge is 0.352 e. The summed E-state index contributed by atoms with van der Waals surface area (Å²) >= 11 is 0. The standard InChI is InChI=1S/C18H19N7O/c1-12-8-21-14(9-20-12)17(26)25-7-6-24(10-18(25)3-4-18)16-13-2-5-19-15(13)22-11-23-16/h2,5,8-9,11H,3-4,6-7,10H2,1H3,(H,19,22,23). The molecule has 0 radical (unpaired) electrons. The van der Waals surface area contributed by atoms with Gasteiger partial charge in [0.05, 0.1) is 22.8 Å². The molecule has 1 saturated heterocycles. The number of hydrogen-bond donors (Lipinski definition) is 1. The van der Waals surface area contributed by atoms with Crippen molar-refractivity contribution in [3.63, 3.8) is 0 Å². The number of nitrogens with one attached hydrogen (secondary N) is 1. The Kier molecular flexibility index (Phi) is 3.22. The van der Waals surface area contributed by atoms with Crippen LogP contribution in [-0.2, 0) is 0 Å². The van der Waals surface area contributed by atoms with Crippen LogP contribution in [0.4, 0.5) is 5.82 Å². The lowest BCUT2D eigenvalue weighted by atomic mass is 10.1. The van der Waals surface area contributed by atoms with Crippen LogP contribution in [0.1, 0.15) is 29.0 Å². The zero-order valence-corrected chi connectivity index (χ0v) is 14.5. The van der Waals surface area contributed by atoms with Gasteiger partial charge in [0, 0.05) is 32.0 Å². The van der Waals surface area contributed by atoms with Crippen LogP contribution in [0.25, 0.3) is 11.0 Å². The molecule has 1 aliphatic heterocycles. The van der Waals surface area contributed by atoms with Crippen molar-refractivity contribution in [2.75, 3.05) is 24.5 Å². The first-order valence-electron chi connectivity index (χ1n) is 8.80. The quantitative estimate of drug-likeness (QED) is 0.755. The van der Waals surface area contributed by atoms with E-state index in [2.05, 4.69) is 29.8 Å². The molecular formula is C18H19N7O. The van der Waals surface area contributed by atoms with Crippen LogP contribution in [-0.4, -0.2) is 60.9 Å². The molecule has 0 atom stereocenters. The highest BCUT2D eigenvalue weighted by atomic mass is 16.2. The van der Waals surface area contributed by atoms with Crippen LogP contribution in [0, 0.1) is 6.92 Å². The third kappa shape index (κ3) is 2.33. The fourth-order valence-corrected chi connectivity index (χ4v) is 3.80. The van der Waals surface area contributed by atoms with E-state index in [1.165, 1.54) is 0 Å². The number of fused-ring (bicyclic) bond motifs is 1. The highest BCUT2D eigenvalue weighted by molar-refractivity contribution is 5.93. The summed E-state index contributed by atoms with van der Waals surface area (Å²) in [5.41, 5.74) is 1.96. The number of nitrogens with zero attached hydrogens (tertiary/aromatic N) is 6. The van der Waals surface area contributed by atoms with Gasteiger partial charge < -0.3 is 14.8 Å². The van der Waals surface area contributed by atoms with Gasteiger partial charge in [0.15, 0.2) is 0 Å². The molecule has 8 nitrogen and oxygen atoms in total. The molecule has 3 aromatic rings. The summed E-state index contributed by atoms with van der Waals surface area (Å²) < 4.78 is 0. The Morgan fingerprint density at radius 2 is 2.04 bits per heavy atom. The van der Waals surface area contributed by atoms with Crippen molar-refractivity contribution in [1.82, 2.24) is 29.8 Å². The first-order chi connectivity index (χ1) is 12.7. The second kappa shape index (κ2) is 5.48. The predicted molar refractivity (Wildman–Crippen MR) is 95.9 cm³/mol. The van der Waals surface area contributed by atoms with E-state index in [9.17, 15) is 4.79 Å². The molecule has 1 saturated carbocycles. The van der Waals surface area contributed by atoms with Gasteiger partial charge in [0.25, 0.3) is 5.91 Å². The molecular weight excluding hydrogens is 330 g/mol. The number of carbonyl (C=O) groups is 1. The minimum absolute atomic E-state index is 0.0240. The van der Waals surface area contributed by atoms with Gasteiger partial charge in [-0.05, 0) is 25.8 Å². The van der Waals surface area contributed by atoms with Crippen molar-refractivity contribution in [1.29, 1.82) is 0 Å². The molecule has 4 heterocycles. The minimum atomic E-state index is -0.116. The number of piperazine rings is 1. The first-order valence-corrected chi connectivity index (χ1v) is 8.80. The lowest BCUT2D eigenvalue weighted by Crippen LogP contribution is -2.57. The Bertz CT molecular complexity index is 977. The van der Waals surface area contributed by atoms with Gasteiger partial charge in [-0.25, -0.2) is 15.0 Å². The summed E-state index contributed by atoms with van der Waals surface area (Å²) in [7, 11) is 0. The normalized spacial score (nSPS) is 18.5. The minimum Gasteiger partial charge on any atom is -0.352 e. The Hall–Kier alpha value is -3.03. The molecule has 1 aliphatic carbocycles. The van der Waals surface area contributed by atoms with Crippen molar-refractivity contribution < 1.29 is 4.79 Å². The molecule has 0 bridgehead atoms. The number of aromatic amines is 1. The van der Waals surface area contributed by atoms with Crippen LogP contribution in [0.5, 0.6) is 0 Å². The number of carbonyl (C=O) groups excluding carboxylic acids is 1. The molecule has 0 aromatic carbocycles. The Labute approximate surface area is 150 Å². The average molecular weight is 349 g/mol. The number of aryl methyl sites for hydroxylation is 1. The van der Waals surface area contributed by atoms with Crippen molar-refractivity contribution >= 4 is 22.8 Å². The van der Waals surface area contributed by atoms with Crippen molar-refractivity contribution in [2.24, 2.45) is 0 Å². The third-order valence-corrected chi connectivity index (χ3v) is 5.36. The molecule has 132 valence electrons. The van der Waals surface area contributed by atoms with Crippen LogP contribution < -0.4 is 4.90 Å². The topological polar surface area (TPSA) is 90.9 Å². The molecule has 8 heteroatoms. The molecule has 5 rings (SSSR count). The van der Waals surface area contributed by atoms with E-state index in [4.69, 9.17) is 0 Å². The monoisotopic (exact) mass is 349 g/mol. The maximum atomic E-state index is 13.0. The molecule has 1 amide bonds. The van der Waals surface area contributed by atoms with Gasteiger partial charge in [0.1, 0.15) is 23.5 Å². The van der Waals surface area contributed by atoms with E-state index in [1.807, 2.05) is 24.1 Å². The van der Waals surface area contributed by atoms with E-state index >= 15 is 0 Å². The molecule has 1 spiro atoms. The molecule has 26 heavy (non-hydrogen) atoms. The summed E-state index contributed by atoms with van der Waals surface area (Å²) in [6.07, 6.45) is 8.71. The molecule has 0 unspecified atom stereocenters. The number of rotatable bonds is 2.